The Morgan fingerprint density at radius 1 is 1.32 bits per heavy atom. The van der Waals surface area contributed by atoms with Crippen LogP contribution in [0.5, 0.6) is 0 Å². The highest BCUT2D eigenvalue weighted by Crippen LogP contribution is 2.27. The quantitative estimate of drug-likeness (QED) is 0.864. The highest BCUT2D eigenvalue weighted by molar-refractivity contribution is 5.79. The number of aryl methyl sites for hydroxylation is 2. The van der Waals surface area contributed by atoms with Gasteiger partial charge in [0.1, 0.15) is 5.65 Å². The van der Waals surface area contributed by atoms with Crippen LogP contribution in [-0.2, 0) is 17.6 Å². The Hall–Kier alpha value is -2.10. The van der Waals surface area contributed by atoms with Gasteiger partial charge >= 0.3 is 0 Å². The number of rotatable bonds is 4. The van der Waals surface area contributed by atoms with E-state index in [-0.39, 0.29) is 11.8 Å². The summed E-state index contributed by atoms with van der Waals surface area (Å²) in [4.78, 5) is 17.3. The molecule has 0 bridgehead atoms. The normalized spacial score (nSPS) is 20.2. The second-order valence-corrected chi connectivity index (χ2v) is 7.53. The minimum absolute atomic E-state index is 0.0771. The third kappa shape index (κ3) is 3.48. The van der Waals surface area contributed by atoms with Crippen LogP contribution in [0.15, 0.2) is 30.0 Å². The lowest BCUT2D eigenvalue weighted by molar-refractivity contribution is -0.125. The number of amides is 1. The van der Waals surface area contributed by atoms with E-state index in [0.29, 0.717) is 0 Å². The molecule has 2 heterocycles. The summed E-state index contributed by atoms with van der Waals surface area (Å²) in [6.45, 7) is 2.87. The highest BCUT2D eigenvalue weighted by Gasteiger charge is 2.27. The van der Waals surface area contributed by atoms with Crippen LogP contribution in [0.1, 0.15) is 55.5 Å². The number of fused-ring (bicyclic) bond motifs is 3. The van der Waals surface area contributed by atoms with Crippen LogP contribution in [0, 0.1) is 12.8 Å². The molecular weight excluding hydrogens is 310 g/mol. The van der Waals surface area contributed by atoms with Crippen molar-refractivity contribution in [2.24, 2.45) is 5.92 Å². The van der Waals surface area contributed by atoms with Gasteiger partial charge in [-0.15, -0.1) is 0 Å². The van der Waals surface area contributed by atoms with Gasteiger partial charge in [-0.1, -0.05) is 17.7 Å². The molecule has 25 heavy (non-hydrogen) atoms. The van der Waals surface area contributed by atoms with Crippen molar-refractivity contribution in [2.45, 2.75) is 58.3 Å². The molecule has 4 heteroatoms. The summed E-state index contributed by atoms with van der Waals surface area (Å²) in [5.74, 6) is 0.290. The lowest BCUT2D eigenvalue weighted by atomic mass is 9.89. The molecule has 4 rings (SSSR count). The van der Waals surface area contributed by atoms with Crippen LogP contribution >= 0.6 is 0 Å². The van der Waals surface area contributed by atoms with E-state index >= 15 is 0 Å². The standard InChI is InChI=1S/C21H27N3O/c1-15-7-10-20-23-18-9-8-17(13-19(18)24(20)14-15)21(25)22-12-11-16-5-3-2-4-6-16/h5,7,10,14,17H,2-4,6,8-9,11-13H2,1H3,(H,22,25). The van der Waals surface area contributed by atoms with Crippen LogP contribution in [0.4, 0.5) is 0 Å². The number of imidazole rings is 1. The third-order valence-electron chi connectivity index (χ3n) is 5.62. The van der Waals surface area contributed by atoms with Crippen molar-refractivity contribution in [3.05, 3.63) is 46.9 Å². The zero-order valence-corrected chi connectivity index (χ0v) is 15.1. The fraction of sp³-hybridized carbons (Fsp3) is 0.524. The van der Waals surface area contributed by atoms with Crippen molar-refractivity contribution in [2.75, 3.05) is 6.54 Å². The van der Waals surface area contributed by atoms with E-state index in [4.69, 9.17) is 4.98 Å². The molecule has 132 valence electrons. The molecule has 1 N–H and O–H groups in total. The molecule has 1 unspecified atom stereocenters. The van der Waals surface area contributed by atoms with Crippen molar-refractivity contribution in [3.63, 3.8) is 0 Å². The van der Waals surface area contributed by atoms with E-state index in [2.05, 4.69) is 41.0 Å². The number of pyridine rings is 1. The van der Waals surface area contributed by atoms with Gasteiger partial charge in [-0.05, 0) is 63.5 Å². The lowest BCUT2D eigenvalue weighted by Gasteiger charge is -2.22. The Labute approximate surface area is 149 Å². The molecule has 0 spiro atoms. The predicted molar refractivity (Wildman–Crippen MR) is 99.6 cm³/mol. The molecule has 0 aliphatic heterocycles. The fourth-order valence-electron chi connectivity index (χ4n) is 4.16. The molecule has 2 aliphatic carbocycles. The van der Waals surface area contributed by atoms with Gasteiger partial charge in [-0.3, -0.25) is 4.79 Å². The first-order valence-electron chi connectivity index (χ1n) is 9.63. The third-order valence-corrected chi connectivity index (χ3v) is 5.62. The Morgan fingerprint density at radius 2 is 2.24 bits per heavy atom. The molecular formula is C21H27N3O. The zero-order valence-electron chi connectivity index (χ0n) is 15.1. The van der Waals surface area contributed by atoms with Crippen LogP contribution in [-0.4, -0.2) is 21.8 Å². The van der Waals surface area contributed by atoms with Crippen molar-refractivity contribution >= 4 is 11.6 Å². The van der Waals surface area contributed by atoms with E-state index in [0.717, 1.165) is 37.9 Å². The van der Waals surface area contributed by atoms with Gasteiger partial charge in [0.15, 0.2) is 0 Å². The van der Waals surface area contributed by atoms with Gasteiger partial charge in [0.25, 0.3) is 0 Å². The minimum atomic E-state index is 0.0771. The molecule has 2 aromatic heterocycles. The first-order valence-corrected chi connectivity index (χ1v) is 9.63. The van der Waals surface area contributed by atoms with Gasteiger partial charge in [0.2, 0.25) is 5.91 Å². The average Bonchev–Trinajstić information content (AvgIpc) is 2.99. The first-order chi connectivity index (χ1) is 12.2. The number of hydrogen-bond donors (Lipinski definition) is 1. The van der Waals surface area contributed by atoms with Gasteiger partial charge in [0, 0.05) is 30.8 Å². The first kappa shape index (κ1) is 16.4. The summed E-state index contributed by atoms with van der Waals surface area (Å²) in [5, 5.41) is 3.17. The molecule has 0 fully saturated rings. The number of aromatic nitrogens is 2. The van der Waals surface area contributed by atoms with Crippen molar-refractivity contribution < 1.29 is 4.79 Å². The van der Waals surface area contributed by atoms with Gasteiger partial charge in [0.05, 0.1) is 5.69 Å². The van der Waals surface area contributed by atoms with E-state index in [1.165, 1.54) is 48.2 Å². The number of nitrogens with zero attached hydrogens (tertiary/aromatic N) is 2. The predicted octanol–water partition coefficient (Wildman–Crippen LogP) is 3.75. The Morgan fingerprint density at radius 3 is 3.08 bits per heavy atom. The fourth-order valence-corrected chi connectivity index (χ4v) is 4.16. The summed E-state index contributed by atoms with van der Waals surface area (Å²) in [6, 6.07) is 4.17. The summed E-state index contributed by atoms with van der Waals surface area (Å²) >= 11 is 0. The second kappa shape index (κ2) is 7.03. The number of nitrogens with one attached hydrogen (secondary N) is 1. The topological polar surface area (TPSA) is 46.4 Å². The van der Waals surface area contributed by atoms with Gasteiger partial charge < -0.3 is 9.72 Å². The largest absolute Gasteiger partial charge is 0.356 e. The SMILES string of the molecule is Cc1ccc2nc3c(n2c1)CC(C(=O)NCCC1=CCCCC1)CC3. The van der Waals surface area contributed by atoms with E-state index in [1.54, 1.807) is 0 Å². The van der Waals surface area contributed by atoms with Crippen LogP contribution < -0.4 is 5.32 Å². The summed E-state index contributed by atoms with van der Waals surface area (Å²) in [5.41, 5.74) is 6.14. The maximum absolute atomic E-state index is 12.6. The van der Waals surface area contributed by atoms with E-state index in [1.807, 2.05) is 0 Å². The number of hydrogen-bond acceptors (Lipinski definition) is 2. The average molecular weight is 337 g/mol. The Balaban J connectivity index is 1.39. The lowest BCUT2D eigenvalue weighted by Crippen LogP contribution is -2.35. The van der Waals surface area contributed by atoms with Crippen molar-refractivity contribution in [1.29, 1.82) is 0 Å². The van der Waals surface area contributed by atoms with Crippen LogP contribution in [0.25, 0.3) is 5.65 Å². The Kier molecular flexibility index (Phi) is 4.60. The molecule has 0 radical (unpaired) electrons. The molecule has 4 nitrogen and oxygen atoms in total. The molecule has 2 aromatic rings. The maximum Gasteiger partial charge on any atom is 0.223 e. The van der Waals surface area contributed by atoms with Gasteiger partial charge in [-0.2, -0.15) is 0 Å². The maximum atomic E-state index is 12.6. The summed E-state index contributed by atoms with van der Waals surface area (Å²) in [7, 11) is 0. The second-order valence-electron chi connectivity index (χ2n) is 7.53. The van der Waals surface area contributed by atoms with E-state index < -0.39 is 0 Å². The number of carbonyl (C=O) groups is 1. The smallest absolute Gasteiger partial charge is 0.223 e. The van der Waals surface area contributed by atoms with Crippen LogP contribution in [0.2, 0.25) is 0 Å². The molecule has 1 amide bonds. The zero-order chi connectivity index (χ0) is 17.2. The van der Waals surface area contributed by atoms with Gasteiger partial charge in [-0.25, -0.2) is 4.98 Å². The van der Waals surface area contributed by atoms with Crippen molar-refractivity contribution in [3.8, 4) is 0 Å². The molecule has 0 saturated heterocycles. The summed E-state index contributed by atoms with van der Waals surface area (Å²) < 4.78 is 2.18. The molecule has 1 atom stereocenters. The molecule has 0 saturated carbocycles. The highest BCUT2D eigenvalue weighted by atomic mass is 16.1. The number of allylic oxidation sites excluding steroid dienone is 1. The van der Waals surface area contributed by atoms with E-state index in [9.17, 15) is 4.79 Å². The molecule has 0 aromatic carbocycles. The van der Waals surface area contributed by atoms with Crippen molar-refractivity contribution in [1.82, 2.24) is 14.7 Å². The summed E-state index contributed by atoms with van der Waals surface area (Å²) in [6.07, 6.45) is 13.2. The minimum Gasteiger partial charge on any atom is -0.356 e. The Bertz CT molecular complexity index is 818. The number of carbonyl (C=O) groups excluding carboxylic acids is 1. The van der Waals surface area contributed by atoms with Crippen LogP contribution in [0.3, 0.4) is 0 Å². The molecule has 2 aliphatic rings. The monoisotopic (exact) mass is 337 g/mol.